The van der Waals surface area contributed by atoms with E-state index in [4.69, 9.17) is 4.74 Å². The minimum Gasteiger partial charge on any atom is -0.494 e. The third-order valence-corrected chi connectivity index (χ3v) is 5.89. The van der Waals surface area contributed by atoms with Crippen LogP contribution in [0.4, 0.5) is 10.1 Å². The molecule has 1 aliphatic heterocycles. The molecule has 2 atom stereocenters. The Hall–Kier alpha value is -4.00. The van der Waals surface area contributed by atoms with Crippen LogP contribution in [-0.4, -0.2) is 35.3 Å². The Morgan fingerprint density at radius 3 is 2.29 bits per heavy atom. The Bertz CT molecular complexity index is 1180. The SMILES string of the molecule is CCOc1ccc(N2C(=O)CC(N(C(=O)c3ccc(F)cc3)C(C)c3ccccc3)C2=O)cc1. The number of carbonyl (C=O) groups is 3. The molecule has 6 nitrogen and oxygen atoms in total. The highest BCUT2D eigenvalue weighted by molar-refractivity contribution is 6.23. The van der Waals surface area contributed by atoms with E-state index in [0.717, 1.165) is 10.5 Å². The van der Waals surface area contributed by atoms with Crippen LogP contribution in [0, 0.1) is 5.82 Å². The van der Waals surface area contributed by atoms with Crippen molar-refractivity contribution in [3.63, 3.8) is 0 Å². The fraction of sp³-hybridized carbons (Fsp3) is 0.222. The maximum atomic E-state index is 13.6. The molecule has 0 radical (unpaired) electrons. The summed E-state index contributed by atoms with van der Waals surface area (Å²) in [5.74, 6) is -1.15. The lowest BCUT2D eigenvalue weighted by atomic mass is 10.0. The topological polar surface area (TPSA) is 66.9 Å². The maximum absolute atomic E-state index is 13.6. The van der Waals surface area contributed by atoms with Crippen molar-refractivity contribution in [2.24, 2.45) is 0 Å². The number of hydrogen-bond acceptors (Lipinski definition) is 4. The molecule has 0 bridgehead atoms. The van der Waals surface area contributed by atoms with E-state index >= 15 is 0 Å². The van der Waals surface area contributed by atoms with Gasteiger partial charge in [-0.25, -0.2) is 9.29 Å². The van der Waals surface area contributed by atoms with Gasteiger partial charge in [-0.2, -0.15) is 0 Å². The molecule has 7 heteroatoms. The van der Waals surface area contributed by atoms with E-state index in [1.165, 1.54) is 29.2 Å². The highest BCUT2D eigenvalue weighted by Crippen LogP contribution is 2.33. The molecule has 0 aromatic heterocycles. The minimum absolute atomic E-state index is 0.143. The molecule has 0 spiro atoms. The van der Waals surface area contributed by atoms with Crippen LogP contribution in [0.25, 0.3) is 0 Å². The number of benzene rings is 3. The lowest BCUT2D eigenvalue weighted by Crippen LogP contribution is -2.46. The third-order valence-electron chi connectivity index (χ3n) is 5.89. The molecule has 1 fully saturated rings. The number of rotatable bonds is 7. The molecule has 3 aromatic rings. The van der Waals surface area contributed by atoms with Crippen LogP contribution in [0.2, 0.25) is 0 Å². The van der Waals surface area contributed by atoms with Crippen LogP contribution in [0.5, 0.6) is 5.75 Å². The minimum atomic E-state index is -0.994. The Balaban J connectivity index is 1.69. The molecule has 4 rings (SSSR count). The zero-order valence-electron chi connectivity index (χ0n) is 19.0. The second-order valence-electron chi connectivity index (χ2n) is 8.02. The summed E-state index contributed by atoms with van der Waals surface area (Å²) >= 11 is 0. The summed E-state index contributed by atoms with van der Waals surface area (Å²) in [5.41, 5.74) is 1.48. The van der Waals surface area contributed by atoms with E-state index in [0.29, 0.717) is 18.0 Å². The number of amides is 3. The van der Waals surface area contributed by atoms with E-state index < -0.39 is 35.6 Å². The second-order valence-corrected chi connectivity index (χ2v) is 8.02. The van der Waals surface area contributed by atoms with E-state index in [1.807, 2.05) is 44.2 Å². The quantitative estimate of drug-likeness (QED) is 0.477. The molecule has 34 heavy (non-hydrogen) atoms. The van der Waals surface area contributed by atoms with Crippen LogP contribution in [0.3, 0.4) is 0 Å². The van der Waals surface area contributed by atoms with Gasteiger partial charge in [0.2, 0.25) is 5.91 Å². The molecule has 3 aromatic carbocycles. The molecule has 1 heterocycles. The van der Waals surface area contributed by atoms with Crippen LogP contribution < -0.4 is 9.64 Å². The summed E-state index contributed by atoms with van der Waals surface area (Å²) in [6.07, 6.45) is -0.143. The van der Waals surface area contributed by atoms with Gasteiger partial charge in [0.25, 0.3) is 11.8 Å². The van der Waals surface area contributed by atoms with Gasteiger partial charge in [-0.1, -0.05) is 30.3 Å². The molecular weight excluding hydrogens is 435 g/mol. The molecule has 2 unspecified atom stereocenters. The lowest BCUT2D eigenvalue weighted by Gasteiger charge is -2.33. The van der Waals surface area contributed by atoms with Crippen molar-refractivity contribution in [3.8, 4) is 5.75 Å². The molecule has 0 N–H and O–H groups in total. The highest BCUT2D eigenvalue weighted by Gasteiger charge is 2.46. The molecule has 0 saturated carbocycles. The number of anilines is 1. The summed E-state index contributed by atoms with van der Waals surface area (Å²) < 4.78 is 18.9. The third kappa shape index (κ3) is 4.55. The number of nitrogens with zero attached hydrogens (tertiary/aromatic N) is 2. The first-order chi connectivity index (χ1) is 16.4. The molecule has 1 aliphatic rings. The van der Waals surface area contributed by atoms with Crippen molar-refractivity contribution in [2.45, 2.75) is 32.4 Å². The summed E-state index contributed by atoms with van der Waals surface area (Å²) in [6, 6.07) is 19.6. The van der Waals surface area contributed by atoms with Gasteiger partial charge < -0.3 is 9.64 Å². The predicted molar refractivity (Wildman–Crippen MR) is 126 cm³/mol. The number of hydrogen-bond donors (Lipinski definition) is 0. The Morgan fingerprint density at radius 2 is 1.68 bits per heavy atom. The normalized spacial score (nSPS) is 16.4. The van der Waals surface area contributed by atoms with Crippen molar-refractivity contribution < 1.29 is 23.5 Å². The van der Waals surface area contributed by atoms with Gasteiger partial charge in [-0.15, -0.1) is 0 Å². The van der Waals surface area contributed by atoms with Crippen LogP contribution >= 0.6 is 0 Å². The van der Waals surface area contributed by atoms with Crippen molar-refractivity contribution in [2.75, 3.05) is 11.5 Å². The Morgan fingerprint density at radius 1 is 1.03 bits per heavy atom. The van der Waals surface area contributed by atoms with Gasteiger partial charge in [-0.05, 0) is 67.9 Å². The van der Waals surface area contributed by atoms with Crippen molar-refractivity contribution in [3.05, 3.63) is 95.8 Å². The monoisotopic (exact) mass is 460 g/mol. The first-order valence-corrected chi connectivity index (χ1v) is 11.1. The largest absolute Gasteiger partial charge is 0.494 e. The number of carbonyl (C=O) groups excluding carboxylic acids is 3. The van der Waals surface area contributed by atoms with E-state index in [9.17, 15) is 18.8 Å². The summed E-state index contributed by atoms with van der Waals surface area (Å²) in [5, 5.41) is 0. The second kappa shape index (κ2) is 9.87. The first kappa shape index (κ1) is 23.2. The average molecular weight is 461 g/mol. The van der Waals surface area contributed by atoms with E-state index in [-0.39, 0.29) is 12.0 Å². The fourth-order valence-corrected chi connectivity index (χ4v) is 4.18. The standard InChI is InChI=1S/C27H25FN2O4/c1-3-34-23-15-13-22(14-16-23)30-25(31)17-24(27(30)33)29(18(2)19-7-5-4-6-8-19)26(32)20-9-11-21(28)12-10-20/h4-16,18,24H,3,17H2,1-2H3. The first-order valence-electron chi connectivity index (χ1n) is 11.1. The summed E-state index contributed by atoms with van der Waals surface area (Å²) in [7, 11) is 0. The van der Waals surface area contributed by atoms with Crippen LogP contribution in [0.15, 0.2) is 78.9 Å². The van der Waals surface area contributed by atoms with E-state index in [1.54, 1.807) is 24.3 Å². The van der Waals surface area contributed by atoms with Gasteiger partial charge in [0, 0.05) is 5.56 Å². The average Bonchev–Trinajstić information content (AvgIpc) is 3.14. The van der Waals surface area contributed by atoms with Crippen molar-refractivity contribution in [1.82, 2.24) is 4.90 Å². The summed E-state index contributed by atoms with van der Waals surface area (Å²) in [6.45, 7) is 4.18. The van der Waals surface area contributed by atoms with E-state index in [2.05, 4.69) is 0 Å². The molecule has 0 aliphatic carbocycles. The zero-order valence-corrected chi connectivity index (χ0v) is 19.0. The van der Waals surface area contributed by atoms with Crippen molar-refractivity contribution in [1.29, 1.82) is 0 Å². The van der Waals surface area contributed by atoms with Crippen LogP contribution in [-0.2, 0) is 9.59 Å². The number of ether oxygens (including phenoxy) is 1. The molecule has 1 saturated heterocycles. The lowest BCUT2D eigenvalue weighted by molar-refractivity contribution is -0.122. The van der Waals surface area contributed by atoms with Crippen molar-refractivity contribution >= 4 is 23.4 Å². The van der Waals surface area contributed by atoms with Gasteiger partial charge in [0.1, 0.15) is 17.6 Å². The molecule has 3 amide bonds. The number of halogens is 1. The number of imide groups is 1. The predicted octanol–water partition coefficient (Wildman–Crippen LogP) is 4.76. The Labute approximate surface area is 197 Å². The van der Waals surface area contributed by atoms with Crippen LogP contribution in [0.1, 0.15) is 42.2 Å². The zero-order chi connectivity index (χ0) is 24.2. The Kier molecular flexibility index (Phi) is 6.72. The van der Waals surface area contributed by atoms with Gasteiger partial charge in [0.15, 0.2) is 0 Å². The smallest absolute Gasteiger partial charge is 0.257 e. The van der Waals surface area contributed by atoms with Gasteiger partial charge >= 0.3 is 0 Å². The molecular formula is C27H25FN2O4. The molecule has 174 valence electrons. The van der Waals surface area contributed by atoms with Gasteiger partial charge in [-0.3, -0.25) is 14.4 Å². The van der Waals surface area contributed by atoms with Gasteiger partial charge in [0.05, 0.1) is 24.8 Å². The highest BCUT2D eigenvalue weighted by atomic mass is 19.1. The fourth-order valence-electron chi connectivity index (χ4n) is 4.18. The maximum Gasteiger partial charge on any atom is 0.257 e. The summed E-state index contributed by atoms with van der Waals surface area (Å²) in [4.78, 5) is 42.6.